The number of para-hydroxylation sites is 1. The molecular formula is C52H35N. The molecule has 10 aromatic carbocycles. The molecule has 53 heavy (non-hydrogen) atoms. The predicted octanol–water partition coefficient (Wildman–Crippen LogP) is 14.8. The lowest BCUT2D eigenvalue weighted by Crippen LogP contribution is -2.11. The molecule has 248 valence electrons. The van der Waals surface area contributed by atoms with Crippen molar-refractivity contribution >= 4 is 60.2 Å². The maximum atomic E-state index is 2.44. The fourth-order valence-electron chi connectivity index (χ4n) is 8.06. The molecule has 0 saturated carbocycles. The van der Waals surface area contributed by atoms with Gasteiger partial charge in [-0.3, -0.25) is 0 Å². The Labute approximate surface area is 309 Å². The molecule has 0 unspecified atom stereocenters. The van der Waals surface area contributed by atoms with Crippen molar-refractivity contribution < 1.29 is 0 Å². The standard InChI is InChI=1S/C52H35N/c1-3-14-36(15-4-1)40-20-13-21-43(32-40)53(52-25-12-11-24-47(52)37-16-5-2-6-17-37)44-33-41-19-8-10-23-46(41)51(35-44)42-27-26-39-29-30-48-45-22-9-7-18-38(45)28-31-49(48)50(39)34-42/h1-35H. The molecule has 0 atom stereocenters. The normalized spacial score (nSPS) is 11.4. The molecule has 0 fully saturated rings. The van der Waals surface area contributed by atoms with E-state index < -0.39 is 0 Å². The van der Waals surface area contributed by atoms with Crippen molar-refractivity contribution in [1.29, 1.82) is 0 Å². The Morgan fingerprint density at radius 3 is 1.66 bits per heavy atom. The van der Waals surface area contributed by atoms with Gasteiger partial charge < -0.3 is 4.90 Å². The van der Waals surface area contributed by atoms with Gasteiger partial charge in [-0.25, -0.2) is 0 Å². The van der Waals surface area contributed by atoms with E-state index in [1.165, 1.54) is 76.5 Å². The quantitative estimate of drug-likeness (QED) is 0.159. The van der Waals surface area contributed by atoms with Crippen LogP contribution in [0.1, 0.15) is 0 Å². The minimum Gasteiger partial charge on any atom is -0.310 e. The van der Waals surface area contributed by atoms with E-state index in [9.17, 15) is 0 Å². The van der Waals surface area contributed by atoms with Crippen LogP contribution in [0.25, 0.3) is 76.5 Å². The van der Waals surface area contributed by atoms with E-state index in [4.69, 9.17) is 0 Å². The molecule has 10 rings (SSSR count). The first-order valence-electron chi connectivity index (χ1n) is 18.3. The minimum atomic E-state index is 1.10. The van der Waals surface area contributed by atoms with Crippen LogP contribution >= 0.6 is 0 Å². The van der Waals surface area contributed by atoms with E-state index in [1.54, 1.807) is 0 Å². The number of fused-ring (bicyclic) bond motifs is 6. The zero-order valence-electron chi connectivity index (χ0n) is 29.2. The van der Waals surface area contributed by atoms with Crippen LogP contribution in [0, 0.1) is 0 Å². The van der Waals surface area contributed by atoms with Crippen LogP contribution in [0.15, 0.2) is 212 Å². The summed E-state index contributed by atoms with van der Waals surface area (Å²) in [5.74, 6) is 0. The lowest BCUT2D eigenvalue weighted by molar-refractivity contribution is 1.29. The smallest absolute Gasteiger partial charge is 0.0540 e. The number of benzene rings is 10. The van der Waals surface area contributed by atoms with Crippen molar-refractivity contribution in [2.75, 3.05) is 4.90 Å². The summed E-state index contributed by atoms with van der Waals surface area (Å²) in [5, 5.41) is 10.1. The van der Waals surface area contributed by atoms with E-state index in [0.29, 0.717) is 0 Å². The van der Waals surface area contributed by atoms with Crippen LogP contribution in [0.4, 0.5) is 17.1 Å². The van der Waals surface area contributed by atoms with Gasteiger partial charge in [-0.2, -0.15) is 0 Å². The SMILES string of the molecule is c1ccc(-c2cccc(N(c3cc(-c4ccc5ccc6c7ccccc7ccc6c5c4)c4ccccc4c3)c3ccccc3-c3ccccc3)c2)cc1. The Hall–Kier alpha value is -6.96. The van der Waals surface area contributed by atoms with Gasteiger partial charge in [-0.05, 0) is 107 Å². The zero-order valence-corrected chi connectivity index (χ0v) is 29.2. The fourth-order valence-corrected chi connectivity index (χ4v) is 8.06. The van der Waals surface area contributed by atoms with Crippen LogP contribution < -0.4 is 4.90 Å². The molecule has 0 aliphatic carbocycles. The monoisotopic (exact) mass is 673 g/mol. The second-order valence-corrected chi connectivity index (χ2v) is 13.7. The third-order valence-corrected chi connectivity index (χ3v) is 10.6. The fraction of sp³-hybridized carbons (Fsp3) is 0. The molecule has 0 radical (unpaired) electrons. The van der Waals surface area contributed by atoms with Gasteiger partial charge in [-0.1, -0.05) is 176 Å². The number of anilines is 3. The minimum absolute atomic E-state index is 1.10. The molecule has 0 heterocycles. The van der Waals surface area contributed by atoms with E-state index in [-0.39, 0.29) is 0 Å². The van der Waals surface area contributed by atoms with Crippen molar-refractivity contribution in [2.45, 2.75) is 0 Å². The summed E-state index contributed by atoms with van der Waals surface area (Å²) in [5.41, 5.74) is 10.5. The summed E-state index contributed by atoms with van der Waals surface area (Å²) in [6.07, 6.45) is 0. The summed E-state index contributed by atoms with van der Waals surface area (Å²) >= 11 is 0. The number of nitrogens with zero attached hydrogens (tertiary/aromatic N) is 1. The third-order valence-electron chi connectivity index (χ3n) is 10.6. The molecule has 10 aromatic rings. The Morgan fingerprint density at radius 1 is 0.245 bits per heavy atom. The topological polar surface area (TPSA) is 3.24 Å². The van der Waals surface area contributed by atoms with Gasteiger partial charge in [0, 0.05) is 16.9 Å². The van der Waals surface area contributed by atoms with Gasteiger partial charge in [0.2, 0.25) is 0 Å². The highest BCUT2D eigenvalue weighted by molar-refractivity contribution is 6.18. The lowest BCUT2D eigenvalue weighted by atomic mass is 9.92. The lowest BCUT2D eigenvalue weighted by Gasteiger charge is -2.29. The predicted molar refractivity (Wildman–Crippen MR) is 227 cm³/mol. The summed E-state index contributed by atoms with van der Waals surface area (Å²) in [6.45, 7) is 0. The van der Waals surface area contributed by atoms with Crippen LogP contribution in [0.5, 0.6) is 0 Å². The first-order chi connectivity index (χ1) is 26.3. The van der Waals surface area contributed by atoms with Crippen LogP contribution in [-0.2, 0) is 0 Å². The Kier molecular flexibility index (Phi) is 7.55. The maximum Gasteiger partial charge on any atom is 0.0540 e. The summed E-state index contributed by atoms with van der Waals surface area (Å²) in [4.78, 5) is 2.44. The molecule has 0 N–H and O–H groups in total. The molecular weight excluding hydrogens is 639 g/mol. The zero-order chi connectivity index (χ0) is 35.1. The maximum absolute atomic E-state index is 2.44. The van der Waals surface area contributed by atoms with Gasteiger partial charge in [0.1, 0.15) is 0 Å². The summed E-state index contributed by atoms with van der Waals surface area (Å²) < 4.78 is 0. The Balaban J connectivity index is 1.22. The molecule has 1 heteroatoms. The number of rotatable bonds is 6. The van der Waals surface area contributed by atoms with Gasteiger partial charge in [0.05, 0.1) is 5.69 Å². The summed E-state index contributed by atoms with van der Waals surface area (Å²) in [7, 11) is 0. The highest BCUT2D eigenvalue weighted by atomic mass is 15.1. The van der Waals surface area contributed by atoms with Crippen molar-refractivity contribution in [3.63, 3.8) is 0 Å². The average molecular weight is 674 g/mol. The molecule has 0 spiro atoms. The van der Waals surface area contributed by atoms with Gasteiger partial charge >= 0.3 is 0 Å². The molecule has 1 nitrogen and oxygen atoms in total. The Morgan fingerprint density at radius 2 is 0.849 bits per heavy atom. The van der Waals surface area contributed by atoms with Crippen LogP contribution in [-0.4, -0.2) is 0 Å². The second-order valence-electron chi connectivity index (χ2n) is 13.7. The average Bonchev–Trinajstić information content (AvgIpc) is 3.24. The summed E-state index contributed by atoms with van der Waals surface area (Å²) in [6, 6.07) is 77.4. The van der Waals surface area contributed by atoms with Crippen molar-refractivity contribution in [2.24, 2.45) is 0 Å². The first-order valence-corrected chi connectivity index (χ1v) is 18.3. The Bertz CT molecular complexity index is 2940. The van der Waals surface area contributed by atoms with E-state index in [1.807, 2.05) is 0 Å². The van der Waals surface area contributed by atoms with E-state index in [2.05, 4.69) is 217 Å². The highest BCUT2D eigenvalue weighted by Gasteiger charge is 2.20. The van der Waals surface area contributed by atoms with Crippen molar-refractivity contribution in [3.05, 3.63) is 212 Å². The molecule has 0 aliphatic rings. The van der Waals surface area contributed by atoms with Crippen molar-refractivity contribution in [3.8, 4) is 33.4 Å². The molecule has 0 bridgehead atoms. The molecule has 0 aromatic heterocycles. The molecule has 0 saturated heterocycles. The van der Waals surface area contributed by atoms with Gasteiger partial charge in [-0.15, -0.1) is 0 Å². The van der Waals surface area contributed by atoms with Gasteiger partial charge in [0.15, 0.2) is 0 Å². The number of hydrogen-bond acceptors (Lipinski definition) is 1. The molecule has 0 aliphatic heterocycles. The second kappa shape index (κ2) is 13.0. The van der Waals surface area contributed by atoms with Crippen molar-refractivity contribution in [1.82, 2.24) is 0 Å². The van der Waals surface area contributed by atoms with Crippen LogP contribution in [0.2, 0.25) is 0 Å². The van der Waals surface area contributed by atoms with E-state index in [0.717, 1.165) is 17.1 Å². The van der Waals surface area contributed by atoms with Crippen LogP contribution in [0.3, 0.4) is 0 Å². The van der Waals surface area contributed by atoms with Gasteiger partial charge in [0.25, 0.3) is 0 Å². The third kappa shape index (κ3) is 5.51. The number of hydrogen-bond donors (Lipinski definition) is 0. The molecule has 0 amide bonds. The highest BCUT2D eigenvalue weighted by Crippen LogP contribution is 2.45. The van der Waals surface area contributed by atoms with E-state index >= 15 is 0 Å². The largest absolute Gasteiger partial charge is 0.310 e. The first kappa shape index (κ1) is 30.8.